The second kappa shape index (κ2) is 14.7. The number of unbranched alkanes of at least 4 members (excludes halogenated alkanes) is 2. The highest BCUT2D eigenvalue weighted by Gasteiger charge is 2.25. The van der Waals surface area contributed by atoms with E-state index in [1.165, 1.54) is 4.90 Å². The van der Waals surface area contributed by atoms with Gasteiger partial charge in [0.25, 0.3) is 0 Å². The Labute approximate surface area is 207 Å². The molecule has 0 saturated heterocycles. The summed E-state index contributed by atoms with van der Waals surface area (Å²) in [6, 6.07) is 14.4. The highest BCUT2D eigenvalue weighted by atomic mass is 16.6. The quantitative estimate of drug-likeness (QED) is 0.364. The fourth-order valence-corrected chi connectivity index (χ4v) is 3.45. The highest BCUT2D eigenvalue weighted by Crippen LogP contribution is 2.31. The van der Waals surface area contributed by atoms with Crippen molar-refractivity contribution in [3.63, 3.8) is 0 Å². The minimum absolute atomic E-state index is 0.0938. The van der Waals surface area contributed by atoms with Crippen LogP contribution in [-0.2, 0) is 14.3 Å². The molecule has 8 heteroatoms. The number of carboxylic acids is 1. The van der Waals surface area contributed by atoms with E-state index in [0.717, 1.165) is 42.4 Å². The van der Waals surface area contributed by atoms with Crippen molar-refractivity contribution in [2.24, 2.45) is 0 Å². The third-order valence-electron chi connectivity index (χ3n) is 5.53. The van der Waals surface area contributed by atoms with Crippen LogP contribution in [0.2, 0.25) is 0 Å². The van der Waals surface area contributed by atoms with Gasteiger partial charge in [0.05, 0.1) is 12.6 Å². The molecule has 2 amide bonds. The summed E-state index contributed by atoms with van der Waals surface area (Å²) in [7, 11) is 0. The van der Waals surface area contributed by atoms with Crippen molar-refractivity contribution < 1.29 is 29.0 Å². The lowest BCUT2D eigenvalue weighted by molar-refractivity contribution is -0.139. The van der Waals surface area contributed by atoms with Gasteiger partial charge >= 0.3 is 12.1 Å². The Hall–Kier alpha value is -3.55. The van der Waals surface area contributed by atoms with Gasteiger partial charge in [-0.2, -0.15) is 0 Å². The Balaban J connectivity index is 2.20. The number of hydrogen-bond donors (Lipinski definition) is 2. The van der Waals surface area contributed by atoms with E-state index in [0.29, 0.717) is 18.9 Å². The van der Waals surface area contributed by atoms with Gasteiger partial charge < -0.3 is 19.9 Å². The molecule has 0 aromatic heterocycles. The average Bonchev–Trinajstić information content (AvgIpc) is 2.86. The number of amides is 2. The second-order valence-electron chi connectivity index (χ2n) is 8.28. The summed E-state index contributed by atoms with van der Waals surface area (Å²) >= 11 is 0. The lowest BCUT2D eigenvalue weighted by atomic mass is 10.00. The topological polar surface area (TPSA) is 105 Å². The molecule has 0 aliphatic rings. The molecule has 2 rings (SSSR count). The zero-order valence-electron chi connectivity index (χ0n) is 20.8. The molecule has 0 aliphatic heterocycles. The fraction of sp³-hybridized carbons (Fsp3) is 0.444. The van der Waals surface area contributed by atoms with Crippen LogP contribution >= 0.6 is 0 Å². The molecule has 1 unspecified atom stereocenters. The Morgan fingerprint density at radius 1 is 1.00 bits per heavy atom. The maximum absolute atomic E-state index is 12.8. The first-order valence-corrected chi connectivity index (χ1v) is 12.1. The summed E-state index contributed by atoms with van der Waals surface area (Å²) in [4.78, 5) is 37.6. The number of benzene rings is 2. The lowest BCUT2D eigenvalue weighted by Crippen LogP contribution is -2.42. The van der Waals surface area contributed by atoms with Crippen molar-refractivity contribution >= 4 is 18.0 Å². The van der Waals surface area contributed by atoms with Gasteiger partial charge in [-0.25, -0.2) is 9.59 Å². The van der Waals surface area contributed by atoms with Gasteiger partial charge in [-0.05, 0) is 37.0 Å². The molecular weight excluding hydrogens is 448 g/mol. The van der Waals surface area contributed by atoms with Gasteiger partial charge in [0, 0.05) is 12.1 Å². The molecule has 0 fully saturated rings. The first kappa shape index (κ1) is 27.7. The van der Waals surface area contributed by atoms with Crippen LogP contribution in [0.4, 0.5) is 4.79 Å². The normalized spacial score (nSPS) is 11.4. The van der Waals surface area contributed by atoms with E-state index < -0.39 is 24.7 Å². The highest BCUT2D eigenvalue weighted by molar-refractivity contribution is 5.82. The van der Waals surface area contributed by atoms with Gasteiger partial charge in [0.1, 0.15) is 12.3 Å². The molecule has 8 nitrogen and oxygen atoms in total. The molecule has 0 saturated carbocycles. The average molecular weight is 485 g/mol. The van der Waals surface area contributed by atoms with E-state index in [9.17, 15) is 14.4 Å². The third-order valence-corrected chi connectivity index (χ3v) is 5.53. The largest absolute Gasteiger partial charge is 0.481 e. The van der Waals surface area contributed by atoms with E-state index in [1.54, 1.807) is 12.1 Å². The number of ether oxygens (including phenoxy) is 2. The Bertz CT molecular complexity index is 960. The molecule has 0 radical (unpaired) electrons. The number of carboxylic acid groups (broad SMARTS) is 1. The van der Waals surface area contributed by atoms with E-state index >= 15 is 0 Å². The molecule has 2 aromatic rings. The van der Waals surface area contributed by atoms with E-state index in [4.69, 9.17) is 14.6 Å². The maximum atomic E-state index is 12.8. The smallest absolute Gasteiger partial charge is 0.410 e. The molecule has 0 bridgehead atoms. The number of carbonyl (C=O) groups is 3. The number of para-hydroxylation sites is 1. The Morgan fingerprint density at radius 2 is 1.69 bits per heavy atom. The maximum Gasteiger partial charge on any atom is 0.410 e. The monoisotopic (exact) mass is 484 g/mol. The van der Waals surface area contributed by atoms with Crippen LogP contribution in [0.15, 0.2) is 48.5 Å². The Kier molecular flexibility index (Phi) is 11.6. The van der Waals surface area contributed by atoms with Crippen LogP contribution < -0.4 is 10.1 Å². The fourth-order valence-electron chi connectivity index (χ4n) is 3.45. The number of nitrogens with zero attached hydrogens (tertiary/aromatic N) is 1. The zero-order chi connectivity index (χ0) is 25.6. The minimum atomic E-state index is -1.05. The van der Waals surface area contributed by atoms with E-state index in [-0.39, 0.29) is 12.5 Å². The summed E-state index contributed by atoms with van der Waals surface area (Å²) < 4.78 is 10.8. The standard InChI is InChI=1S/C27H36N2O6/c1-4-6-16-28-25(30)18-29(27(33)34-17-7-5-2)20(3)21-12-14-22(15-13-21)23-10-8-9-11-24(23)35-19-26(31)32/h8-15,20H,4-7,16-19H2,1-3H3,(H,28,30)(H,31,32). The molecule has 1 atom stereocenters. The van der Waals surface area contributed by atoms with Crippen molar-refractivity contribution in [2.45, 2.75) is 52.5 Å². The number of nitrogens with one attached hydrogen (secondary N) is 1. The number of hydrogen-bond acceptors (Lipinski definition) is 5. The predicted octanol–water partition coefficient (Wildman–Crippen LogP) is 5.03. The van der Waals surface area contributed by atoms with Gasteiger partial charge in [-0.1, -0.05) is 69.2 Å². The summed E-state index contributed by atoms with van der Waals surface area (Å²) in [5, 5.41) is 11.8. The minimum Gasteiger partial charge on any atom is -0.481 e. The van der Waals surface area contributed by atoms with Crippen LogP contribution in [0.1, 0.15) is 58.1 Å². The molecule has 2 N–H and O–H groups in total. The molecular formula is C27H36N2O6. The molecule has 2 aromatic carbocycles. The summed E-state index contributed by atoms with van der Waals surface area (Å²) in [5.74, 6) is -0.798. The van der Waals surface area contributed by atoms with Crippen molar-refractivity contribution in [1.29, 1.82) is 0 Å². The number of carbonyl (C=O) groups excluding carboxylic acids is 2. The first-order valence-electron chi connectivity index (χ1n) is 12.1. The van der Waals surface area contributed by atoms with E-state index in [2.05, 4.69) is 5.32 Å². The predicted molar refractivity (Wildman–Crippen MR) is 134 cm³/mol. The summed E-state index contributed by atoms with van der Waals surface area (Å²) in [6.45, 7) is 6.28. The van der Waals surface area contributed by atoms with Crippen LogP contribution in [0.5, 0.6) is 5.75 Å². The lowest BCUT2D eigenvalue weighted by Gasteiger charge is -2.28. The molecule has 0 heterocycles. The van der Waals surface area contributed by atoms with Gasteiger partial charge in [-0.15, -0.1) is 0 Å². The van der Waals surface area contributed by atoms with Crippen LogP contribution in [0.25, 0.3) is 11.1 Å². The first-order chi connectivity index (χ1) is 16.9. The molecule has 35 heavy (non-hydrogen) atoms. The van der Waals surface area contributed by atoms with Gasteiger partial charge in [-0.3, -0.25) is 9.69 Å². The second-order valence-corrected chi connectivity index (χ2v) is 8.28. The molecule has 190 valence electrons. The third kappa shape index (κ3) is 8.96. The van der Waals surface area contributed by atoms with E-state index in [1.807, 2.05) is 57.2 Å². The SMILES string of the molecule is CCCCNC(=O)CN(C(=O)OCCCC)C(C)c1ccc(-c2ccccc2OCC(=O)O)cc1. The van der Waals surface area contributed by atoms with Crippen molar-refractivity contribution in [3.05, 3.63) is 54.1 Å². The van der Waals surface area contributed by atoms with Crippen LogP contribution in [0, 0.1) is 0 Å². The number of rotatable bonds is 14. The molecule has 0 aliphatic carbocycles. The van der Waals surface area contributed by atoms with Crippen molar-refractivity contribution in [1.82, 2.24) is 10.2 Å². The van der Waals surface area contributed by atoms with Crippen LogP contribution in [0.3, 0.4) is 0 Å². The Morgan fingerprint density at radius 3 is 2.34 bits per heavy atom. The summed E-state index contributed by atoms with van der Waals surface area (Å²) in [6.07, 6.45) is 2.99. The number of aliphatic carboxylic acids is 1. The van der Waals surface area contributed by atoms with Gasteiger partial charge in [0.2, 0.25) is 5.91 Å². The summed E-state index contributed by atoms with van der Waals surface area (Å²) in [5.41, 5.74) is 2.45. The molecule has 0 spiro atoms. The zero-order valence-corrected chi connectivity index (χ0v) is 20.8. The van der Waals surface area contributed by atoms with Crippen molar-refractivity contribution in [3.8, 4) is 16.9 Å². The van der Waals surface area contributed by atoms with Crippen LogP contribution in [-0.4, -0.2) is 54.3 Å². The van der Waals surface area contributed by atoms with Gasteiger partial charge in [0.15, 0.2) is 6.61 Å². The van der Waals surface area contributed by atoms with Crippen molar-refractivity contribution in [2.75, 3.05) is 26.3 Å².